The number of halogens is 6. The first-order valence-electron chi connectivity index (χ1n) is 7.80. The molecule has 146 valence electrons. The van der Waals surface area contributed by atoms with E-state index in [1.54, 1.807) is 18.2 Å². The van der Waals surface area contributed by atoms with Crippen LogP contribution in [-0.4, -0.2) is 30.9 Å². The van der Waals surface area contributed by atoms with Crippen molar-refractivity contribution in [3.05, 3.63) is 32.2 Å². The number of anilines is 1. The fourth-order valence-corrected chi connectivity index (χ4v) is 8.35. The quantitative estimate of drug-likeness (QED) is 0.281. The molecule has 0 spiro atoms. The topological polar surface area (TPSA) is 53.2 Å². The molecule has 1 saturated carbocycles. The van der Waals surface area contributed by atoms with E-state index >= 15 is 0 Å². The maximum Gasteiger partial charge on any atom is 0.240 e. The number of benzene rings is 1. The van der Waals surface area contributed by atoms with E-state index in [9.17, 15) is 9.59 Å². The summed E-state index contributed by atoms with van der Waals surface area (Å²) in [5.41, 5.74) is 1.05. The molecule has 0 unspecified atom stereocenters. The minimum atomic E-state index is -1.94. The molecule has 5 rings (SSSR count). The highest BCUT2D eigenvalue weighted by molar-refractivity contribution is 7.73. The van der Waals surface area contributed by atoms with E-state index in [1.165, 1.54) is 11.3 Å². The lowest BCUT2D eigenvalue weighted by Crippen LogP contribution is -2.50. The number of H-pyrrole nitrogens is 1. The summed E-state index contributed by atoms with van der Waals surface area (Å²) in [5.74, 6) is -3.48. The lowest BCUT2D eigenvalue weighted by molar-refractivity contribution is -0.123. The number of nitrogens with one attached hydrogen (secondary N) is 1. The Bertz CT molecular complexity index is 1160. The van der Waals surface area contributed by atoms with Crippen LogP contribution in [0.5, 0.6) is 0 Å². The van der Waals surface area contributed by atoms with Crippen LogP contribution in [0.4, 0.5) is 5.69 Å². The van der Waals surface area contributed by atoms with E-state index in [-0.39, 0.29) is 10.1 Å². The number of alkyl halides is 4. The summed E-state index contributed by atoms with van der Waals surface area (Å²) in [4.78, 5) is 27.0. The number of imide groups is 1. The third-order valence-corrected chi connectivity index (χ3v) is 11.0. The number of aromatic amines is 1. The Morgan fingerprint density at radius 3 is 2.07 bits per heavy atom. The number of hydrogen-bond acceptors (Lipinski definition) is 4. The number of carbonyl (C=O) groups excluding carboxylic acids is 2. The largest absolute Gasteiger partial charge is 0.337 e. The van der Waals surface area contributed by atoms with Crippen LogP contribution < -0.4 is 4.90 Å². The van der Waals surface area contributed by atoms with Gasteiger partial charge in [0.25, 0.3) is 0 Å². The van der Waals surface area contributed by atoms with Crippen LogP contribution in [0.3, 0.4) is 0 Å². The van der Waals surface area contributed by atoms with E-state index in [0.717, 1.165) is 9.60 Å². The number of thiazole rings is 1. The van der Waals surface area contributed by atoms with Crippen molar-refractivity contribution in [1.29, 1.82) is 0 Å². The van der Waals surface area contributed by atoms with Crippen LogP contribution in [0.15, 0.2) is 28.3 Å². The third kappa shape index (κ3) is 1.95. The normalized spacial score (nSPS) is 36.1. The van der Waals surface area contributed by atoms with Crippen molar-refractivity contribution < 1.29 is 9.59 Å². The van der Waals surface area contributed by atoms with Gasteiger partial charge in [-0.1, -0.05) is 46.4 Å². The molecule has 0 radical (unpaired) electrons. The number of aromatic nitrogens is 1. The molecule has 1 aromatic carbocycles. The number of hydrogen-bond donors (Lipinski definition) is 1. The summed E-state index contributed by atoms with van der Waals surface area (Å²) in [7, 11) is 0. The molecule has 2 aliphatic carbocycles. The molecule has 2 amide bonds. The molecule has 4 atom stereocenters. The number of allylic oxidation sites excluding steroid dienone is 2. The Kier molecular flexibility index (Phi) is 4.12. The summed E-state index contributed by atoms with van der Waals surface area (Å²) in [6.45, 7) is 0. The van der Waals surface area contributed by atoms with Crippen LogP contribution >= 0.6 is 93.2 Å². The first-order valence-corrected chi connectivity index (χ1v) is 11.3. The highest BCUT2D eigenvalue weighted by Crippen LogP contribution is 2.77. The van der Waals surface area contributed by atoms with Gasteiger partial charge in [-0.15, -0.1) is 34.5 Å². The van der Waals surface area contributed by atoms with Gasteiger partial charge in [0.15, 0.2) is 8.29 Å². The summed E-state index contributed by atoms with van der Waals surface area (Å²) >= 11 is 45.4. The van der Waals surface area contributed by atoms with Gasteiger partial charge >= 0.3 is 0 Å². The lowest BCUT2D eigenvalue weighted by Gasteiger charge is -2.34. The number of amides is 2. The molecular formula is C16H6Cl6N2O2S2. The number of fused-ring (bicyclic) bond motifs is 6. The van der Waals surface area contributed by atoms with E-state index in [1.807, 2.05) is 0 Å². The molecule has 1 saturated heterocycles. The predicted octanol–water partition coefficient (Wildman–Crippen LogP) is 5.91. The second-order valence-electron chi connectivity index (χ2n) is 6.79. The molecular weight excluding hydrogens is 529 g/mol. The monoisotopic (exact) mass is 532 g/mol. The Labute approximate surface area is 197 Å². The second kappa shape index (κ2) is 5.80. The molecule has 2 fully saturated rings. The van der Waals surface area contributed by atoms with Crippen LogP contribution in [0, 0.1) is 15.8 Å². The van der Waals surface area contributed by atoms with E-state index in [0.29, 0.717) is 15.2 Å². The minimum Gasteiger partial charge on any atom is -0.337 e. The predicted molar refractivity (Wildman–Crippen MR) is 117 cm³/mol. The van der Waals surface area contributed by atoms with E-state index in [4.69, 9.17) is 81.8 Å². The fourth-order valence-electron chi connectivity index (χ4n) is 4.33. The van der Waals surface area contributed by atoms with Crippen molar-refractivity contribution in [3.63, 3.8) is 0 Å². The molecule has 2 bridgehead atoms. The zero-order valence-electron chi connectivity index (χ0n) is 13.2. The molecule has 28 heavy (non-hydrogen) atoms. The van der Waals surface area contributed by atoms with Gasteiger partial charge in [0, 0.05) is 0 Å². The molecule has 3 aliphatic rings. The standard InChI is InChI=1S/C16H6Cl6N2O2S2/c17-9-10(18)15(20)8-7(14(9,19)16(15,21)22)11(25)24(12(8)26)4-1-2-6-5(3-4)23-13(27)28-6/h1-3,7-8H,(H,23,27)/t7-,8+,14-,15-/m0/s1. The van der Waals surface area contributed by atoms with Crippen LogP contribution in [0.2, 0.25) is 0 Å². The molecule has 1 N–H and O–H groups in total. The maximum absolute atomic E-state index is 13.3. The third-order valence-electron chi connectivity index (χ3n) is 5.57. The number of rotatable bonds is 1. The summed E-state index contributed by atoms with van der Waals surface area (Å²) in [5, 5.41) is -0.227. The summed E-state index contributed by atoms with van der Waals surface area (Å²) in [6, 6.07) is 5.07. The van der Waals surface area contributed by atoms with Gasteiger partial charge in [-0.25, -0.2) is 4.90 Å². The van der Waals surface area contributed by atoms with Gasteiger partial charge in [0.2, 0.25) is 11.8 Å². The van der Waals surface area contributed by atoms with Crippen molar-refractivity contribution >= 4 is 121 Å². The maximum atomic E-state index is 13.3. The SMILES string of the molecule is O=C1[C@@H]2[C@H](C(=O)N1c1ccc3sc(=S)[nH]c3c1)[C@]1(Cl)C(Cl)=C(Cl)[C@]2(Cl)C1(Cl)Cl. The van der Waals surface area contributed by atoms with Gasteiger partial charge in [0.05, 0.1) is 37.8 Å². The van der Waals surface area contributed by atoms with Gasteiger partial charge in [-0.3, -0.25) is 9.59 Å². The smallest absolute Gasteiger partial charge is 0.240 e. The van der Waals surface area contributed by atoms with E-state index in [2.05, 4.69) is 4.98 Å². The molecule has 12 heteroatoms. The average Bonchev–Trinajstić information content (AvgIpc) is 3.19. The van der Waals surface area contributed by atoms with Crippen molar-refractivity contribution in [1.82, 2.24) is 4.98 Å². The van der Waals surface area contributed by atoms with Crippen molar-refractivity contribution in [3.8, 4) is 0 Å². The molecule has 2 heterocycles. The van der Waals surface area contributed by atoms with E-state index < -0.39 is 37.7 Å². The van der Waals surface area contributed by atoms with Crippen molar-refractivity contribution in [2.45, 2.75) is 14.1 Å². The van der Waals surface area contributed by atoms with Gasteiger partial charge in [-0.2, -0.15) is 0 Å². The summed E-state index contributed by atoms with van der Waals surface area (Å²) < 4.78 is -0.465. The minimum absolute atomic E-state index is 0.113. The Morgan fingerprint density at radius 1 is 1.00 bits per heavy atom. The number of nitrogens with zero attached hydrogens (tertiary/aromatic N) is 1. The van der Waals surface area contributed by atoms with Crippen LogP contribution in [0.1, 0.15) is 0 Å². The molecule has 1 aliphatic heterocycles. The van der Waals surface area contributed by atoms with Crippen molar-refractivity contribution in [2.75, 3.05) is 4.90 Å². The second-order valence-corrected chi connectivity index (χ2v) is 11.8. The first kappa shape index (κ1) is 19.9. The highest BCUT2D eigenvalue weighted by Gasteiger charge is 2.87. The zero-order valence-corrected chi connectivity index (χ0v) is 19.4. The van der Waals surface area contributed by atoms with Gasteiger partial charge < -0.3 is 4.98 Å². The molecule has 4 nitrogen and oxygen atoms in total. The van der Waals surface area contributed by atoms with Crippen molar-refractivity contribution in [2.24, 2.45) is 11.8 Å². The average molecular weight is 535 g/mol. The summed E-state index contributed by atoms with van der Waals surface area (Å²) in [6.07, 6.45) is 0. The van der Waals surface area contributed by atoms with Crippen LogP contribution in [-0.2, 0) is 9.59 Å². The van der Waals surface area contributed by atoms with Gasteiger partial charge in [-0.05, 0) is 30.4 Å². The highest BCUT2D eigenvalue weighted by atomic mass is 35.5. The number of carbonyl (C=O) groups is 2. The fraction of sp³-hybridized carbons (Fsp3) is 0.312. The Morgan fingerprint density at radius 2 is 1.54 bits per heavy atom. The molecule has 2 aromatic rings. The Hall–Kier alpha value is -0.0500. The van der Waals surface area contributed by atoms with Gasteiger partial charge in [0.1, 0.15) is 9.75 Å². The Balaban J connectivity index is 1.69. The first-order chi connectivity index (χ1) is 13.0. The van der Waals surface area contributed by atoms with Crippen LogP contribution in [0.25, 0.3) is 10.2 Å². The molecule has 1 aromatic heterocycles. The lowest BCUT2D eigenvalue weighted by atomic mass is 9.84. The zero-order chi connectivity index (χ0) is 20.4.